The number of nitrogens with one attached hydrogen (secondary N) is 1. The molecule has 1 aliphatic carbocycles. The Kier molecular flexibility index (Phi) is 5.00. The fraction of sp³-hybridized carbons (Fsp3) is 0.167. The number of nitrogens with zero attached hydrogens (tertiary/aromatic N) is 1. The molecule has 2 aromatic rings. The molecule has 0 amide bonds. The average molecular weight is 433 g/mol. The molecule has 0 radical (unpaired) electrons. The van der Waals surface area contributed by atoms with Crippen molar-refractivity contribution in [3.8, 4) is 0 Å². The van der Waals surface area contributed by atoms with Gasteiger partial charge >= 0.3 is 5.97 Å². The Morgan fingerprint density at radius 2 is 2.07 bits per heavy atom. The van der Waals surface area contributed by atoms with E-state index in [0.717, 1.165) is 33.0 Å². The number of carbonyl (C=O) groups is 1. The van der Waals surface area contributed by atoms with Gasteiger partial charge in [-0.15, -0.1) is 17.9 Å². The van der Waals surface area contributed by atoms with Crippen molar-refractivity contribution in [3.05, 3.63) is 86.4 Å². The molecule has 0 saturated heterocycles. The number of thiophene rings is 1. The third kappa shape index (κ3) is 2.95. The highest BCUT2D eigenvalue weighted by atomic mass is 32.1. The van der Waals surface area contributed by atoms with E-state index in [2.05, 4.69) is 59.5 Å². The predicted octanol–water partition coefficient (Wildman–Crippen LogP) is 4.73. The standard InChI is InChI=1S/C24H24N2O2SSi/c1-6-30(5)20-12-15(25-3)7-9-17(20)22(18-10-8-16(26-4)13-21(18)30)23-14(2)11-19(29-23)24(27)28/h6-13,25H,1H2,2-5H3,(H,27,28)/b26-16+. The molecule has 2 heterocycles. The first-order valence-corrected chi connectivity index (χ1v) is 13.2. The summed E-state index contributed by atoms with van der Waals surface area (Å²) in [6, 6.07) is 8.23. The van der Waals surface area contributed by atoms with Gasteiger partial charge in [-0.25, -0.2) is 4.79 Å². The lowest BCUT2D eigenvalue weighted by molar-refractivity contribution is 0.0702. The zero-order chi connectivity index (χ0) is 21.6. The van der Waals surface area contributed by atoms with Crippen molar-refractivity contribution < 1.29 is 9.90 Å². The highest BCUT2D eigenvalue weighted by Gasteiger charge is 2.41. The molecule has 2 N–H and O–H groups in total. The van der Waals surface area contributed by atoms with Gasteiger partial charge in [0.05, 0.1) is 5.71 Å². The lowest BCUT2D eigenvalue weighted by atomic mass is 9.92. The Labute approximate surface area is 181 Å². The lowest BCUT2D eigenvalue weighted by Gasteiger charge is -2.38. The number of anilines is 1. The number of benzene rings is 1. The Hall–Kier alpha value is -2.96. The highest BCUT2D eigenvalue weighted by Crippen LogP contribution is 2.44. The van der Waals surface area contributed by atoms with Crippen LogP contribution in [0.4, 0.5) is 5.69 Å². The van der Waals surface area contributed by atoms with Crippen LogP contribution in [0.15, 0.2) is 70.5 Å². The van der Waals surface area contributed by atoms with E-state index in [-0.39, 0.29) is 0 Å². The predicted molar refractivity (Wildman–Crippen MR) is 130 cm³/mol. The molecule has 0 bridgehead atoms. The van der Waals surface area contributed by atoms with Gasteiger partial charge < -0.3 is 10.4 Å². The van der Waals surface area contributed by atoms with Crippen LogP contribution in [0.3, 0.4) is 0 Å². The number of aliphatic imine (C=N–C) groups is 1. The van der Waals surface area contributed by atoms with Crippen LogP contribution in [0.5, 0.6) is 0 Å². The summed E-state index contributed by atoms with van der Waals surface area (Å²) in [5, 5.41) is 15.3. The molecule has 1 atom stereocenters. The van der Waals surface area contributed by atoms with Gasteiger partial charge in [0, 0.05) is 30.2 Å². The van der Waals surface area contributed by atoms with Crippen LogP contribution in [-0.2, 0) is 0 Å². The maximum atomic E-state index is 11.6. The van der Waals surface area contributed by atoms with E-state index in [1.165, 1.54) is 27.3 Å². The van der Waals surface area contributed by atoms with Crippen molar-refractivity contribution in [1.29, 1.82) is 0 Å². The largest absolute Gasteiger partial charge is 0.477 e. The maximum absolute atomic E-state index is 11.6. The summed E-state index contributed by atoms with van der Waals surface area (Å²) in [6.07, 6.45) is 6.35. The Morgan fingerprint density at radius 3 is 2.67 bits per heavy atom. The molecule has 30 heavy (non-hydrogen) atoms. The lowest BCUT2D eigenvalue weighted by Crippen LogP contribution is -2.50. The van der Waals surface area contributed by atoms with Gasteiger partial charge in [-0.3, -0.25) is 4.99 Å². The molecular weight excluding hydrogens is 408 g/mol. The summed E-state index contributed by atoms with van der Waals surface area (Å²) in [4.78, 5) is 17.4. The van der Waals surface area contributed by atoms with E-state index < -0.39 is 14.0 Å². The molecule has 152 valence electrons. The number of fused-ring (bicyclic) bond motifs is 2. The minimum Gasteiger partial charge on any atom is -0.477 e. The molecule has 0 saturated carbocycles. The molecule has 1 aliphatic heterocycles. The second kappa shape index (κ2) is 7.38. The molecular formula is C24H24N2O2SSi. The van der Waals surface area contributed by atoms with Crippen molar-refractivity contribution in [2.45, 2.75) is 13.5 Å². The van der Waals surface area contributed by atoms with Crippen LogP contribution in [0.25, 0.3) is 5.57 Å². The average Bonchev–Trinajstić information content (AvgIpc) is 3.15. The van der Waals surface area contributed by atoms with Gasteiger partial charge in [-0.2, -0.15) is 0 Å². The number of carboxylic acid groups (broad SMARTS) is 1. The minimum atomic E-state index is -2.22. The SMILES string of the molecule is C=C[Si]1(C)C2=C/C(=N/C)C=CC2=C(c2sc(C(=O)O)cc2C)c2ccc(NC)cc21. The number of allylic oxidation sites excluding steroid dienone is 5. The first-order valence-electron chi connectivity index (χ1n) is 9.76. The summed E-state index contributed by atoms with van der Waals surface area (Å²) in [7, 11) is 1.50. The Morgan fingerprint density at radius 1 is 1.30 bits per heavy atom. The molecule has 0 spiro atoms. The van der Waals surface area contributed by atoms with Crippen LogP contribution in [0.1, 0.15) is 25.7 Å². The van der Waals surface area contributed by atoms with Gasteiger partial charge in [0.1, 0.15) is 13.0 Å². The van der Waals surface area contributed by atoms with Crippen LogP contribution >= 0.6 is 11.3 Å². The number of hydrogen-bond acceptors (Lipinski definition) is 4. The number of aryl methyl sites for hydroxylation is 1. The van der Waals surface area contributed by atoms with Gasteiger partial charge in [0.2, 0.25) is 0 Å². The van der Waals surface area contributed by atoms with Gasteiger partial charge in [-0.05, 0) is 64.4 Å². The van der Waals surface area contributed by atoms with Crippen molar-refractivity contribution in [1.82, 2.24) is 0 Å². The molecule has 2 aliphatic rings. The van der Waals surface area contributed by atoms with Crippen molar-refractivity contribution in [3.63, 3.8) is 0 Å². The van der Waals surface area contributed by atoms with Crippen LogP contribution in [0.2, 0.25) is 6.55 Å². The van der Waals surface area contributed by atoms with Gasteiger partial charge in [0.25, 0.3) is 0 Å². The van der Waals surface area contributed by atoms with Crippen LogP contribution in [-0.4, -0.2) is 39.0 Å². The number of aromatic carboxylic acids is 1. The molecule has 1 aromatic carbocycles. The second-order valence-corrected chi connectivity index (χ2v) is 12.6. The van der Waals surface area contributed by atoms with E-state index >= 15 is 0 Å². The molecule has 1 aromatic heterocycles. The van der Waals surface area contributed by atoms with Crippen molar-refractivity contribution >= 4 is 47.5 Å². The van der Waals surface area contributed by atoms with E-state index in [4.69, 9.17) is 0 Å². The zero-order valence-electron chi connectivity index (χ0n) is 17.5. The quantitative estimate of drug-likeness (QED) is 0.687. The van der Waals surface area contributed by atoms with E-state index in [0.29, 0.717) is 4.88 Å². The van der Waals surface area contributed by atoms with Crippen LogP contribution < -0.4 is 10.5 Å². The Balaban J connectivity index is 2.12. The summed E-state index contributed by atoms with van der Waals surface area (Å²) >= 11 is 1.34. The molecule has 1 unspecified atom stereocenters. The maximum Gasteiger partial charge on any atom is 0.345 e. The van der Waals surface area contributed by atoms with E-state index in [1.54, 1.807) is 13.1 Å². The summed E-state index contributed by atoms with van der Waals surface area (Å²) in [5.74, 6) is -0.887. The first-order chi connectivity index (χ1) is 14.3. The van der Waals surface area contributed by atoms with Crippen LogP contribution in [0, 0.1) is 6.92 Å². The summed E-state index contributed by atoms with van der Waals surface area (Å²) in [6.45, 7) is 8.54. The molecule has 6 heteroatoms. The first kappa shape index (κ1) is 20.3. The van der Waals surface area contributed by atoms with E-state index in [9.17, 15) is 9.90 Å². The number of carboxylic acids is 1. The highest BCUT2D eigenvalue weighted by molar-refractivity contribution is 7.15. The third-order valence-electron chi connectivity index (χ3n) is 5.99. The normalized spacial score (nSPS) is 21.2. The third-order valence-corrected chi connectivity index (χ3v) is 11.1. The smallest absolute Gasteiger partial charge is 0.345 e. The topological polar surface area (TPSA) is 61.7 Å². The molecule has 4 rings (SSSR count). The number of rotatable bonds is 4. The molecule has 0 fully saturated rings. The van der Waals surface area contributed by atoms with Crippen molar-refractivity contribution in [2.24, 2.45) is 4.99 Å². The monoisotopic (exact) mass is 432 g/mol. The fourth-order valence-corrected chi connectivity index (χ4v) is 8.51. The summed E-state index contributed by atoms with van der Waals surface area (Å²) < 4.78 is 0. The van der Waals surface area contributed by atoms with E-state index in [1.807, 2.05) is 20.0 Å². The Bertz CT molecular complexity index is 1220. The zero-order valence-corrected chi connectivity index (χ0v) is 19.4. The number of hydrogen-bond donors (Lipinski definition) is 2. The molecule has 4 nitrogen and oxygen atoms in total. The van der Waals surface area contributed by atoms with Gasteiger partial charge in [0.15, 0.2) is 0 Å². The van der Waals surface area contributed by atoms with Gasteiger partial charge in [-0.1, -0.05) is 24.4 Å². The minimum absolute atomic E-state index is 0.361. The fourth-order valence-electron chi connectivity index (χ4n) is 4.26. The second-order valence-electron chi connectivity index (χ2n) is 7.67. The van der Waals surface area contributed by atoms with Crippen molar-refractivity contribution in [2.75, 3.05) is 19.4 Å². The summed E-state index contributed by atoms with van der Waals surface area (Å²) in [5.41, 5.74) is 8.53.